The number of anilines is 1. The van der Waals surface area contributed by atoms with Crippen LogP contribution in [0.1, 0.15) is 48.2 Å². The van der Waals surface area contributed by atoms with Crippen LogP contribution in [0.3, 0.4) is 0 Å². The van der Waals surface area contributed by atoms with Gasteiger partial charge in [0.2, 0.25) is 0 Å². The van der Waals surface area contributed by atoms with E-state index in [9.17, 15) is 4.79 Å². The van der Waals surface area contributed by atoms with Gasteiger partial charge < -0.3 is 14.8 Å². The van der Waals surface area contributed by atoms with Gasteiger partial charge in [0, 0.05) is 16.0 Å². The predicted octanol–water partition coefficient (Wildman–Crippen LogP) is 6.76. The molecular weight excluding hydrogens is 406 g/mol. The molecule has 5 heteroatoms. The molecule has 0 saturated carbocycles. The second kappa shape index (κ2) is 10.9. The summed E-state index contributed by atoms with van der Waals surface area (Å²) in [6.07, 6.45) is 1.99. The predicted molar refractivity (Wildman–Crippen MR) is 129 cm³/mol. The molecule has 0 radical (unpaired) electrons. The van der Waals surface area contributed by atoms with Gasteiger partial charge in [0.1, 0.15) is 18.1 Å². The first-order chi connectivity index (χ1) is 15.0. The number of rotatable bonds is 9. The second-order valence-electron chi connectivity index (χ2n) is 7.39. The van der Waals surface area contributed by atoms with E-state index in [-0.39, 0.29) is 5.91 Å². The van der Waals surface area contributed by atoms with E-state index in [4.69, 9.17) is 9.47 Å². The van der Waals surface area contributed by atoms with Gasteiger partial charge >= 0.3 is 0 Å². The minimum Gasteiger partial charge on any atom is -0.493 e. The monoisotopic (exact) mass is 435 g/mol. The number of hydrogen-bond donors (Lipinski definition) is 1. The molecule has 0 saturated heterocycles. The van der Waals surface area contributed by atoms with Crippen molar-refractivity contribution in [2.75, 3.05) is 18.2 Å². The highest BCUT2D eigenvalue weighted by atomic mass is 32.2. The number of carbonyl (C=O) groups excluding carboxylic acids is 1. The van der Waals surface area contributed by atoms with E-state index in [1.54, 1.807) is 17.8 Å². The van der Waals surface area contributed by atoms with Gasteiger partial charge in [-0.2, -0.15) is 0 Å². The Morgan fingerprint density at radius 1 is 0.968 bits per heavy atom. The lowest BCUT2D eigenvalue weighted by Gasteiger charge is -2.16. The van der Waals surface area contributed by atoms with Crippen molar-refractivity contribution < 1.29 is 14.3 Å². The first-order valence-corrected chi connectivity index (χ1v) is 11.7. The maximum Gasteiger partial charge on any atom is 0.255 e. The number of para-hydroxylation sites is 2. The number of hydrogen-bond acceptors (Lipinski definition) is 4. The van der Waals surface area contributed by atoms with Crippen LogP contribution in [0.25, 0.3) is 0 Å². The molecule has 0 aliphatic rings. The standard InChI is InChI=1S/C26H29NO3S/c1-5-29-23-15-14-19(26(28)27-22-11-7-9-13-25(22)31-4)16-20(23)17-30-24-12-8-6-10-21(24)18(2)3/h6-16,18H,5,17H2,1-4H3,(H,27,28). The van der Waals surface area contributed by atoms with E-state index < -0.39 is 0 Å². The van der Waals surface area contributed by atoms with Gasteiger partial charge in [0.15, 0.2) is 0 Å². The number of benzene rings is 3. The summed E-state index contributed by atoms with van der Waals surface area (Å²) in [5.41, 5.74) is 3.36. The smallest absolute Gasteiger partial charge is 0.255 e. The van der Waals surface area contributed by atoms with Crippen LogP contribution in [0.4, 0.5) is 5.69 Å². The SMILES string of the molecule is CCOc1ccc(C(=O)Nc2ccccc2SC)cc1COc1ccccc1C(C)C. The highest BCUT2D eigenvalue weighted by molar-refractivity contribution is 7.98. The molecule has 0 aliphatic heterocycles. The molecule has 1 amide bonds. The maximum atomic E-state index is 12.9. The first kappa shape index (κ1) is 22.8. The van der Waals surface area contributed by atoms with Gasteiger partial charge in [-0.15, -0.1) is 11.8 Å². The Balaban J connectivity index is 1.83. The lowest BCUT2D eigenvalue weighted by molar-refractivity contribution is 0.102. The summed E-state index contributed by atoms with van der Waals surface area (Å²) in [5, 5.41) is 3.01. The zero-order valence-corrected chi connectivity index (χ0v) is 19.3. The van der Waals surface area contributed by atoms with Crippen molar-refractivity contribution in [1.29, 1.82) is 0 Å². The Morgan fingerprint density at radius 3 is 2.45 bits per heavy atom. The van der Waals surface area contributed by atoms with E-state index in [0.717, 1.165) is 33.2 Å². The first-order valence-electron chi connectivity index (χ1n) is 10.4. The van der Waals surface area contributed by atoms with E-state index in [1.165, 1.54) is 0 Å². The molecule has 0 aromatic heterocycles. The summed E-state index contributed by atoms with van der Waals surface area (Å²) in [6, 6.07) is 21.3. The van der Waals surface area contributed by atoms with Crippen LogP contribution in [0.2, 0.25) is 0 Å². The molecule has 3 rings (SSSR count). The molecule has 162 valence electrons. The van der Waals surface area contributed by atoms with E-state index >= 15 is 0 Å². The van der Waals surface area contributed by atoms with Crippen LogP contribution in [-0.4, -0.2) is 18.8 Å². The number of thioether (sulfide) groups is 1. The zero-order valence-electron chi connectivity index (χ0n) is 18.5. The minimum atomic E-state index is -0.159. The van der Waals surface area contributed by atoms with Crippen LogP contribution in [-0.2, 0) is 6.61 Å². The van der Waals surface area contributed by atoms with Gasteiger partial charge in [-0.1, -0.05) is 44.2 Å². The summed E-state index contributed by atoms with van der Waals surface area (Å²) < 4.78 is 11.9. The topological polar surface area (TPSA) is 47.6 Å². The van der Waals surface area contributed by atoms with E-state index in [0.29, 0.717) is 24.7 Å². The molecule has 0 heterocycles. The van der Waals surface area contributed by atoms with Gasteiger partial charge in [-0.3, -0.25) is 4.79 Å². The molecule has 0 fully saturated rings. The van der Waals surface area contributed by atoms with E-state index in [2.05, 4.69) is 25.2 Å². The molecule has 0 aliphatic carbocycles. The van der Waals surface area contributed by atoms with Crippen molar-refractivity contribution in [3.8, 4) is 11.5 Å². The molecule has 0 unspecified atom stereocenters. The van der Waals surface area contributed by atoms with Crippen molar-refractivity contribution in [2.45, 2.75) is 38.2 Å². The third-order valence-corrected chi connectivity index (χ3v) is 5.70. The average molecular weight is 436 g/mol. The molecule has 31 heavy (non-hydrogen) atoms. The zero-order chi connectivity index (χ0) is 22.2. The van der Waals surface area contributed by atoms with Gasteiger partial charge in [-0.05, 0) is 61.1 Å². The summed E-state index contributed by atoms with van der Waals surface area (Å²) in [7, 11) is 0. The molecule has 0 bridgehead atoms. The molecule has 0 atom stereocenters. The van der Waals surface area contributed by atoms with Crippen molar-refractivity contribution in [3.05, 3.63) is 83.4 Å². The molecule has 0 spiro atoms. The van der Waals surface area contributed by atoms with Crippen molar-refractivity contribution in [3.63, 3.8) is 0 Å². The van der Waals surface area contributed by atoms with Crippen molar-refractivity contribution >= 4 is 23.4 Å². The number of amides is 1. The number of carbonyl (C=O) groups is 1. The highest BCUT2D eigenvalue weighted by Crippen LogP contribution is 2.29. The van der Waals surface area contributed by atoms with E-state index in [1.807, 2.05) is 67.8 Å². The number of ether oxygens (including phenoxy) is 2. The van der Waals surface area contributed by atoms with Crippen molar-refractivity contribution in [1.82, 2.24) is 0 Å². The van der Waals surface area contributed by atoms with Gasteiger partial charge in [0.25, 0.3) is 5.91 Å². The lowest BCUT2D eigenvalue weighted by Crippen LogP contribution is -2.13. The lowest BCUT2D eigenvalue weighted by atomic mass is 10.0. The Morgan fingerprint density at radius 2 is 1.71 bits per heavy atom. The van der Waals surface area contributed by atoms with Crippen LogP contribution >= 0.6 is 11.8 Å². The third-order valence-electron chi connectivity index (χ3n) is 4.90. The molecule has 4 nitrogen and oxygen atoms in total. The fourth-order valence-corrected chi connectivity index (χ4v) is 3.87. The average Bonchev–Trinajstić information content (AvgIpc) is 2.79. The van der Waals surface area contributed by atoms with Crippen LogP contribution in [0.5, 0.6) is 11.5 Å². The van der Waals surface area contributed by atoms with Gasteiger partial charge in [-0.25, -0.2) is 0 Å². The fourth-order valence-electron chi connectivity index (χ4n) is 3.32. The van der Waals surface area contributed by atoms with Crippen molar-refractivity contribution in [2.24, 2.45) is 0 Å². The molecular formula is C26H29NO3S. The molecule has 3 aromatic rings. The Kier molecular flexibility index (Phi) is 8.01. The minimum absolute atomic E-state index is 0.159. The largest absolute Gasteiger partial charge is 0.493 e. The molecule has 3 aromatic carbocycles. The quantitative estimate of drug-likeness (QED) is 0.377. The summed E-state index contributed by atoms with van der Waals surface area (Å²) in [4.78, 5) is 13.9. The highest BCUT2D eigenvalue weighted by Gasteiger charge is 2.14. The summed E-state index contributed by atoms with van der Waals surface area (Å²) in [5.74, 6) is 1.78. The summed E-state index contributed by atoms with van der Waals surface area (Å²) >= 11 is 1.60. The molecule has 1 N–H and O–H groups in total. The Hall–Kier alpha value is -2.92. The fraction of sp³-hybridized carbons (Fsp3) is 0.269. The Labute approximate surface area is 189 Å². The summed E-state index contributed by atoms with van der Waals surface area (Å²) in [6.45, 7) is 7.10. The number of nitrogens with one attached hydrogen (secondary N) is 1. The van der Waals surface area contributed by atoms with Crippen LogP contribution < -0.4 is 14.8 Å². The normalized spacial score (nSPS) is 10.7. The maximum absolute atomic E-state index is 12.9. The van der Waals surface area contributed by atoms with Gasteiger partial charge in [0.05, 0.1) is 12.3 Å². The van der Waals surface area contributed by atoms with Crippen LogP contribution in [0.15, 0.2) is 71.6 Å². The third kappa shape index (κ3) is 5.82. The Bertz CT molecular complexity index is 1030. The second-order valence-corrected chi connectivity index (χ2v) is 8.24. The van der Waals surface area contributed by atoms with Crippen LogP contribution in [0, 0.1) is 0 Å².